The van der Waals surface area contributed by atoms with Crippen LogP contribution in [0.5, 0.6) is 0 Å². The zero-order valence-electron chi connectivity index (χ0n) is 14.0. The van der Waals surface area contributed by atoms with Crippen LogP contribution in [0.4, 0.5) is 0 Å². The van der Waals surface area contributed by atoms with Gasteiger partial charge in [0.05, 0.1) is 12.1 Å². The van der Waals surface area contributed by atoms with Gasteiger partial charge in [0.15, 0.2) is 5.82 Å². The van der Waals surface area contributed by atoms with Crippen LogP contribution < -0.4 is 5.32 Å². The molecule has 2 heterocycles. The van der Waals surface area contributed by atoms with Crippen molar-refractivity contribution in [2.75, 3.05) is 7.11 Å². The van der Waals surface area contributed by atoms with Gasteiger partial charge in [-0.3, -0.25) is 14.9 Å². The standard InChI is InChI=1S/C17H23N5O2/c1-11(19-17(23)12-5-7-14(24-2)8-6-12)15-20-16(22-21-15)13-4-3-9-18-10-13/h3-4,9-12,14H,5-8H2,1-2H3,(H,19,23)(H,20,21,22)/t11-,12?,14?/m1/s1. The molecule has 128 valence electrons. The maximum atomic E-state index is 12.4. The Labute approximate surface area is 141 Å². The molecule has 0 saturated heterocycles. The Morgan fingerprint density at radius 1 is 1.38 bits per heavy atom. The third-order valence-corrected chi connectivity index (χ3v) is 4.57. The topological polar surface area (TPSA) is 92.8 Å². The molecule has 0 radical (unpaired) electrons. The lowest BCUT2D eigenvalue weighted by Gasteiger charge is -2.27. The van der Waals surface area contributed by atoms with E-state index < -0.39 is 0 Å². The summed E-state index contributed by atoms with van der Waals surface area (Å²) in [4.78, 5) is 21.0. The average Bonchev–Trinajstić information content (AvgIpc) is 3.13. The van der Waals surface area contributed by atoms with Crippen molar-refractivity contribution in [1.82, 2.24) is 25.5 Å². The Morgan fingerprint density at radius 3 is 2.83 bits per heavy atom. The highest BCUT2D eigenvalue weighted by molar-refractivity contribution is 5.79. The summed E-state index contributed by atoms with van der Waals surface area (Å²) in [6.45, 7) is 1.91. The van der Waals surface area contributed by atoms with Gasteiger partial charge in [-0.1, -0.05) is 0 Å². The molecule has 1 amide bonds. The van der Waals surface area contributed by atoms with E-state index >= 15 is 0 Å². The number of hydrogen-bond donors (Lipinski definition) is 2. The molecule has 7 nitrogen and oxygen atoms in total. The normalized spacial score (nSPS) is 22.1. The molecule has 0 unspecified atom stereocenters. The summed E-state index contributed by atoms with van der Waals surface area (Å²) in [6, 6.07) is 3.53. The number of methoxy groups -OCH3 is 1. The number of carbonyl (C=O) groups excluding carboxylic acids is 1. The fourth-order valence-corrected chi connectivity index (χ4v) is 3.05. The lowest BCUT2D eigenvalue weighted by atomic mass is 9.86. The predicted molar refractivity (Wildman–Crippen MR) is 88.9 cm³/mol. The van der Waals surface area contributed by atoms with Gasteiger partial charge < -0.3 is 10.1 Å². The van der Waals surface area contributed by atoms with E-state index in [1.807, 2.05) is 19.1 Å². The smallest absolute Gasteiger partial charge is 0.223 e. The molecule has 0 aliphatic heterocycles. The molecule has 24 heavy (non-hydrogen) atoms. The Bertz CT molecular complexity index is 665. The van der Waals surface area contributed by atoms with Gasteiger partial charge in [-0.05, 0) is 44.7 Å². The summed E-state index contributed by atoms with van der Waals surface area (Å²) >= 11 is 0. The fourth-order valence-electron chi connectivity index (χ4n) is 3.05. The van der Waals surface area contributed by atoms with Crippen LogP contribution in [0, 0.1) is 5.92 Å². The first kappa shape index (κ1) is 16.6. The van der Waals surface area contributed by atoms with E-state index in [1.165, 1.54) is 0 Å². The third kappa shape index (κ3) is 3.79. The van der Waals surface area contributed by atoms with Crippen LogP contribution >= 0.6 is 0 Å². The molecule has 1 aliphatic carbocycles. The average molecular weight is 329 g/mol. The summed E-state index contributed by atoms with van der Waals surface area (Å²) in [5.41, 5.74) is 0.844. The fraction of sp³-hybridized carbons (Fsp3) is 0.529. The van der Waals surface area contributed by atoms with Crippen LogP contribution in [-0.4, -0.2) is 39.3 Å². The zero-order chi connectivity index (χ0) is 16.9. The highest BCUT2D eigenvalue weighted by Crippen LogP contribution is 2.26. The van der Waals surface area contributed by atoms with Crippen LogP contribution in [0.15, 0.2) is 24.5 Å². The minimum absolute atomic E-state index is 0.0552. The second kappa shape index (κ2) is 7.53. The van der Waals surface area contributed by atoms with Gasteiger partial charge >= 0.3 is 0 Å². The number of ether oxygens (including phenoxy) is 1. The Balaban J connectivity index is 1.58. The van der Waals surface area contributed by atoms with Gasteiger partial charge in [0.25, 0.3) is 0 Å². The van der Waals surface area contributed by atoms with Gasteiger partial charge in [-0.2, -0.15) is 5.10 Å². The summed E-state index contributed by atoms with van der Waals surface area (Å²) in [7, 11) is 1.73. The lowest BCUT2D eigenvalue weighted by molar-refractivity contribution is -0.127. The number of rotatable bonds is 5. The lowest BCUT2D eigenvalue weighted by Crippen LogP contribution is -2.36. The van der Waals surface area contributed by atoms with Crippen molar-refractivity contribution < 1.29 is 9.53 Å². The molecule has 2 aromatic heterocycles. The summed E-state index contributed by atoms with van der Waals surface area (Å²) in [5, 5.41) is 10.1. The van der Waals surface area contributed by atoms with Crippen molar-refractivity contribution in [2.24, 2.45) is 5.92 Å². The number of amides is 1. The summed E-state index contributed by atoms with van der Waals surface area (Å²) in [5.74, 6) is 1.36. The molecular weight excluding hydrogens is 306 g/mol. The minimum atomic E-state index is -0.212. The van der Waals surface area contributed by atoms with E-state index in [4.69, 9.17) is 4.74 Å². The molecule has 7 heteroatoms. The second-order valence-electron chi connectivity index (χ2n) is 6.23. The monoisotopic (exact) mass is 329 g/mol. The van der Waals surface area contributed by atoms with Crippen LogP contribution in [0.2, 0.25) is 0 Å². The van der Waals surface area contributed by atoms with Crippen LogP contribution in [0.25, 0.3) is 11.4 Å². The summed E-state index contributed by atoms with van der Waals surface area (Å²) < 4.78 is 5.35. The largest absolute Gasteiger partial charge is 0.381 e. The van der Waals surface area contributed by atoms with Crippen molar-refractivity contribution in [3.8, 4) is 11.4 Å². The molecule has 2 aromatic rings. The first-order valence-corrected chi connectivity index (χ1v) is 8.33. The summed E-state index contributed by atoms with van der Waals surface area (Å²) in [6.07, 6.45) is 7.33. The molecule has 1 atom stereocenters. The van der Waals surface area contributed by atoms with Gasteiger partial charge in [-0.25, -0.2) is 4.98 Å². The molecule has 3 rings (SSSR count). The Hall–Kier alpha value is -2.28. The minimum Gasteiger partial charge on any atom is -0.381 e. The van der Waals surface area contributed by atoms with Gasteiger partial charge in [0.2, 0.25) is 5.91 Å². The highest BCUT2D eigenvalue weighted by atomic mass is 16.5. The number of carbonyl (C=O) groups is 1. The van der Waals surface area contributed by atoms with Crippen molar-refractivity contribution in [1.29, 1.82) is 0 Å². The predicted octanol–water partition coefficient (Wildman–Crippen LogP) is 2.25. The second-order valence-corrected chi connectivity index (χ2v) is 6.23. The van der Waals surface area contributed by atoms with Crippen LogP contribution in [0.3, 0.4) is 0 Å². The van der Waals surface area contributed by atoms with E-state index in [2.05, 4.69) is 25.5 Å². The van der Waals surface area contributed by atoms with Crippen LogP contribution in [0.1, 0.15) is 44.5 Å². The third-order valence-electron chi connectivity index (χ3n) is 4.57. The number of H-pyrrole nitrogens is 1. The first-order valence-electron chi connectivity index (χ1n) is 8.33. The van der Waals surface area contributed by atoms with Gasteiger partial charge in [0, 0.05) is 31.0 Å². The van der Waals surface area contributed by atoms with Crippen molar-refractivity contribution in [3.63, 3.8) is 0 Å². The maximum Gasteiger partial charge on any atom is 0.223 e. The van der Waals surface area contributed by atoms with Crippen LogP contribution in [-0.2, 0) is 9.53 Å². The SMILES string of the molecule is COC1CCC(C(=O)N[C@H](C)c2nc(-c3cccnc3)n[nH]2)CC1. The van der Waals surface area contributed by atoms with Gasteiger partial charge in [0.1, 0.15) is 5.82 Å². The molecular formula is C17H23N5O2. The highest BCUT2D eigenvalue weighted by Gasteiger charge is 2.27. The van der Waals surface area contributed by atoms with Gasteiger partial charge in [-0.15, -0.1) is 0 Å². The van der Waals surface area contributed by atoms with Crippen molar-refractivity contribution >= 4 is 5.91 Å². The first-order chi connectivity index (χ1) is 11.7. The number of nitrogens with one attached hydrogen (secondary N) is 2. The van der Waals surface area contributed by atoms with E-state index in [1.54, 1.807) is 19.5 Å². The number of nitrogens with zero attached hydrogens (tertiary/aromatic N) is 3. The molecule has 0 aromatic carbocycles. The number of hydrogen-bond acceptors (Lipinski definition) is 5. The molecule has 1 aliphatic rings. The van der Waals surface area contributed by atoms with E-state index in [-0.39, 0.29) is 17.9 Å². The Morgan fingerprint density at radius 2 is 2.17 bits per heavy atom. The molecule has 2 N–H and O–H groups in total. The molecule has 0 bridgehead atoms. The molecule has 1 fully saturated rings. The number of pyridine rings is 1. The Kier molecular flexibility index (Phi) is 5.20. The quantitative estimate of drug-likeness (QED) is 0.877. The molecule has 0 spiro atoms. The van der Waals surface area contributed by atoms with E-state index in [0.717, 1.165) is 31.2 Å². The maximum absolute atomic E-state index is 12.4. The number of aromatic nitrogens is 4. The van der Waals surface area contributed by atoms with E-state index in [9.17, 15) is 4.79 Å². The van der Waals surface area contributed by atoms with Crippen molar-refractivity contribution in [3.05, 3.63) is 30.4 Å². The zero-order valence-corrected chi connectivity index (χ0v) is 14.0. The number of aromatic amines is 1. The van der Waals surface area contributed by atoms with Crippen molar-refractivity contribution in [2.45, 2.75) is 44.8 Å². The van der Waals surface area contributed by atoms with E-state index in [0.29, 0.717) is 17.8 Å². The molecule has 1 saturated carbocycles.